The van der Waals surface area contributed by atoms with Crippen LogP contribution in [0.5, 0.6) is 0 Å². The van der Waals surface area contributed by atoms with Crippen LogP contribution in [0.25, 0.3) is 5.78 Å². The predicted molar refractivity (Wildman–Crippen MR) is 110 cm³/mol. The van der Waals surface area contributed by atoms with Crippen molar-refractivity contribution in [3.63, 3.8) is 0 Å². The highest BCUT2D eigenvalue weighted by Gasteiger charge is 2.21. The van der Waals surface area contributed by atoms with Crippen LogP contribution in [-0.2, 0) is 6.54 Å². The molecule has 0 bridgehead atoms. The average Bonchev–Trinajstić information content (AvgIpc) is 3.03. The number of halogens is 2. The Balaban J connectivity index is 0.00000182. The Hall–Kier alpha value is -2.22. The van der Waals surface area contributed by atoms with Crippen molar-refractivity contribution in [2.45, 2.75) is 26.8 Å². The molecule has 2 aromatic heterocycles. The van der Waals surface area contributed by atoms with E-state index in [2.05, 4.69) is 15.1 Å². The molecule has 3 rings (SSSR count). The lowest BCUT2D eigenvalue weighted by Gasteiger charge is -2.21. The summed E-state index contributed by atoms with van der Waals surface area (Å²) in [6.07, 6.45) is 0.725. The van der Waals surface area contributed by atoms with Gasteiger partial charge in [-0.05, 0) is 38.4 Å². The van der Waals surface area contributed by atoms with E-state index >= 15 is 0 Å². The highest BCUT2D eigenvalue weighted by atomic mass is 35.5. The second-order valence-corrected chi connectivity index (χ2v) is 6.04. The molecule has 1 amide bonds. The van der Waals surface area contributed by atoms with Crippen LogP contribution in [0.1, 0.15) is 34.0 Å². The Morgan fingerprint density at radius 3 is 2.52 bits per heavy atom. The summed E-state index contributed by atoms with van der Waals surface area (Å²) in [5.41, 5.74) is 8.42. The van der Waals surface area contributed by atoms with Crippen LogP contribution in [-0.4, -0.2) is 43.5 Å². The molecule has 0 aliphatic heterocycles. The highest BCUT2D eigenvalue weighted by molar-refractivity contribution is 5.90. The van der Waals surface area contributed by atoms with Crippen molar-refractivity contribution in [1.29, 1.82) is 0 Å². The molecule has 27 heavy (non-hydrogen) atoms. The second-order valence-electron chi connectivity index (χ2n) is 6.04. The third-order valence-electron chi connectivity index (χ3n) is 3.95. The largest absolute Gasteiger partial charge is 0.331 e. The first-order valence-corrected chi connectivity index (χ1v) is 8.33. The molecule has 2 N–H and O–H groups in total. The molecule has 3 aromatic rings. The van der Waals surface area contributed by atoms with E-state index in [-0.39, 0.29) is 36.5 Å². The lowest BCUT2D eigenvalue weighted by atomic mass is 10.2. The fourth-order valence-electron chi connectivity index (χ4n) is 2.74. The highest BCUT2D eigenvalue weighted by Crippen LogP contribution is 2.11. The second kappa shape index (κ2) is 10.2. The third kappa shape index (κ3) is 5.38. The fourth-order valence-corrected chi connectivity index (χ4v) is 2.74. The van der Waals surface area contributed by atoms with Crippen LogP contribution in [0.3, 0.4) is 0 Å². The van der Waals surface area contributed by atoms with Crippen LogP contribution < -0.4 is 5.73 Å². The zero-order chi connectivity index (χ0) is 17.8. The van der Waals surface area contributed by atoms with Crippen molar-refractivity contribution in [3.8, 4) is 0 Å². The number of hydrogen-bond acceptors (Lipinski definition) is 5. The number of aryl methyl sites for hydroxylation is 2. The van der Waals surface area contributed by atoms with Gasteiger partial charge in [0.15, 0.2) is 0 Å². The van der Waals surface area contributed by atoms with E-state index in [1.165, 1.54) is 0 Å². The summed E-state index contributed by atoms with van der Waals surface area (Å²) in [5, 5.41) is 4.34. The van der Waals surface area contributed by atoms with Gasteiger partial charge in [0.25, 0.3) is 11.7 Å². The SMILES string of the molecule is Cc1cc(C)n2nc(C(=O)N(CCCN)Cc3ccccc3)nc2n1.Cl.Cl. The standard InChI is InChI=1S/C18H22N6O.2ClH/c1-13-11-14(2)24-18(20-13)21-16(22-24)17(25)23(10-6-9-19)12-15-7-4-3-5-8-15;;/h3-5,7-8,11H,6,9-10,12,19H2,1-2H3;2*1H. The van der Waals surface area contributed by atoms with Crippen molar-refractivity contribution >= 4 is 36.5 Å². The number of carbonyl (C=O) groups is 1. The van der Waals surface area contributed by atoms with Crippen LogP contribution in [0, 0.1) is 13.8 Å². The summed E-state index contributed by atoms with van der Waals surface area (Å²) in [4.78, 5) is 23.3. The van der Waals surface area contributed by atoms with Crippen molar-refractivity contribution in [1.82, 2.24) is 24.5 Å². The number of hydrogen-bond donors (Lipinski definition) is 1. The molecule has 2 heterocycles. The van der Waals surface area contributed by atoms with E-state index in [0.29, 0.717) is 25.4 Å². The smallest absolute Gasteiger partial charge is 0.293 e. The van der Waals surface area contributed by atoms with Gasteiger partial charge in [-0.25, -0.2) is 9.50 Å². The predicted octanol–water partition coefficient (Wildman–Crippen LogP) is 2.58. The number of benzene rings is 1. The van der Waals surface area contributed by atoms with Gasteiger partial charge in [-0.15, -0.1) is 29.9 Å². The zero-order valence-electron chi connectivity index (χ0n) is 15.3. The summed E-state index contributed by atoms with van der Waals surface area (Å²) >= 11 is 0. The number of carbonyl (C=O) groups excluding carboxylic acids is 1. The molecule has 0 radical (unpaired) electrons. The number of nitrogens with zero attached hydrogens (tertiary/aromatic N) is 5. The van der Waals surface area contributed by atoms with Crippen molar-refractivity contribution < 1.29 is 4.79 Å². The van der Waals surface area contributed by atoms with Gasteiger partial charge >= 0.3 is 0 Å². The molecule has 7 nitrogen and oxygen atoms in total. The average molecular weight is 411 g/mol. The van der Waals surface area contributed by atoms with Gasteiger partial charge in [0.05, 0.1) is 0 Å². The quantitative estimate of drug-likeness (QED) is 0.674. The normalized spacial score (nSPS) is 10.2. The first-order chi connectivity index (χ1) is 12.1. The molecular weight excluding hydrogens is 387 g/mol. The van der Waals surface area contributed by atoms with Gasteiger partial charge in [-0.3, -0.25) is 4.79 Å². The number of fused-ring (bicyclic) bond motifs is 1. The minimum Gasteiger partial charge on any atom is -0.331 e. The van der Waals surface area contributed by atoms with Crippen LogP contribution in [0.15, 0.2) is 36.4 Å². The molecule has 0 atom stereocenters. The zero-order valence-corrected chi connectivity index (χ0v) is 17.0. The van der Waals surface area contributed by atoms with E-state index in [9.17, 15) is 4.79 Å². The molecule has 0 fully saturated rings. The van der Waals surface area contributed by atoms with E-state index in [0.717, 1.165) is 23.4 Å². The first kappa shape index (κ1) is 22.8. The number of aromatic nitrogens is 4. The Morgan fingerprint density at radius 2 is 1.85 bits per heavy atom. The Kier molecular flexibility index (Phi) is 8.62. The maximum atomic E-state index is 12.9. The van der Waals surface area contributed by atoms with Gasteiger partial charge in [0.2, 0.25) is 5.82 Å². The van der Waals surface area contributed by atoms with Crippen LogP contribution in [0.4, 0.5) is 0 Å². The van der Waals surface area contributed by atoms with Gasteiger partial charge in [0, 0.05) is 24.5 Å². The number of rotatable bonds is 6. The Labute approximate surface area is 170 Å². The summed E-state index contributed by atoms with van der Waals surface area (Å²) in [7, 11) is 0. The van der Waals surface area contributed by atoms with Crippen molar-refractivity contribution in [2.75, 3.05) is 13.1 Å². The molecule has 9 heteroatoms. The molecule has 0 aliphatic rings. The topological polar surface area (TPSA) is 89.4 Å². The van der Waals surface area contributed by atoms with E-state index < -0.39 is 0 Å². The summed E-state index contributed by atoms with van der Waals surface area (Å²) in [6, 6.07) is 11.8. The monoisotopic (exact) mass is 410 g/mol. The van der Waals surface area contributed by atoms with Gasteiger partial charge in [0.1, 0.15) is 0 Å². The minimum atomic E-state index is -0.208. The summed E-state index contributed by atoms with van der Waals surface area (Å²) in [5.74, 6) is 0.397. The van der Waals surface area contributed by atoms with Gasteiger partial charge < -0.3 is 10.6 Å². The lowest BCUT2D eigenvalue weighted by Crippen LogP contribution is -2.33. The number of amides is 1. The number of nitrogens with two attached hydrogens (primary N) is 1. The van der Waals surface area contributed by atoms with Crippen LogP contribution >= 0.6 is 24.8 Å². The molecule has 0 saturated heterocycles. The lowest BCUT2D eigenvalue weighted by molar-refractivity contribution is 0.0730. The van der Waals surface area contributed by atoms with E-state index in [1.807, 2.05) is 50.2 Å². The Morgan fingerprint density at radius 1 is 1.15 bits per heavy atom. The van der Waals surface area contributed by atoms with Crippen molar-refractivity contribution in [3.05, 3.63) is 59.2 Å². The molecule has 0 unspecified atom stereocenters. The molecule has 0 aliphatic carbocycles. The Bertz CT molecular complexity index is 884. The van der Waals surface area contributed by atoms with Gasteiger partial charge in [-0.2, -0.15) is 4.98 Å². The van der Waals surface area contributed by atoms with E-state index in [4.69, 9.17) is 5.73 Å². The minimum absolute atomic E-state index is 0. The maximum absolute atomic E-state index is 12.9. The van der Waals surface area contributed by atoms with Crippen LogP contribution in [0.2, 0.25) is 0 Å². The first-order valence-electron chi connectivity index (χ1n) is 8.33. The third-order valence-corrected chi connectivity index (χ3v) is 3.95. The molecular formula is C18H24Cl2N6O. The fraction of sp³-hybridized carbons (Fsp3) is 0.333. The maximum Gasteiger partial charge on any atom is 0.293 e. The summed E-state index contributed by atoms with van der Waals surface area (Å²) in [6.45, 7) is 5.40. The molecule has 0 saturated carbocycles. The molecule has 146 valence electrons. The summed E-state index contributed by atoms with van der Waals surface area (Å²) < 4.78 is 1.60. The molecule has 0 spiro atoms. The van der Waals surface area contributed by atoms with Gasteiger partial charge in [-0.1, -0.05) is 30.3 Å². The molecule has 1 aromatic carbocycles. The van der Waals surface area contributed by atoms with Crippen molar-refractivity contribution in [2.24, 2.45) is 5.73 Å². The van der Waals surface area contributed by atoms with E-state index in [1.54, 1.807) is 9.42 Å².